The van der Waals surface area contributed by atoms with Crippen molar-refractivity contribution in [2.45, 2.75) is 58.5 Å². The van der Waals surface area contributed by atoms with Crippen molar-refractivity contribution in [2.75, 3.05) is 26.2 Å². The van der Waals surface area contributed by atoms with E-state index >= 15 is 0 Å². The number of hydrogen-bond acceptors (Lipinski definition) is 4. The summed E-state index contributed by atoms with van der Waals surface area (Å²) < 4.78 is 18.1. The minimum atomic E-state index is -0.566. The molecule has 1 aromatic rings. The Morgan fingerprint density at radius 2 is 1.71 bits per heavy atom. The SMILES string of the molecule is CC(C)(C)OC(=O)NCCC(=O)NCC1CCN(C(=O)CCc2ccc(F)cc2)CC1. The van der Waals surface area contributed by atoms with Gasteiger partial charge in [-0.15, -0.1) is 0 Å². The van der Waals surface area contributed by atoms with Crippen LogP contribution in [0.3, 0.4) is 0 Å². The van der Waals surface area contributed by atoms with E-state index in [1.54, 1.807) is 32.9 Å². The molecule has 0 radical (unpaired) electrons. The lowest BCUT2D eigenvalue weighted by molar-refractivity contribution is -0.132. The fraction of sp³-hybridized carbons (Fsp3) is 0.609. The molecule has 1 saturated heterocycles. The summed E-state index contributed by atoms with van der Waals surface area (Å²) in [5.41, 5.74) is 0.386. The van der Waals surface area contributed by atoms with Crippen molar-refractivity contribution in [3.8, 4) is 0 Å². The second-order valence-electron chi connectivity index (χ2n) is 8.93. The van der Waals surface area contributed by atoms with Gasteiger partial charge in [0.25, 0.3) is 0 Å². The molecule has 0 aliphatic carbocycles. The van der Waals surface area contributed by atoms with Crippen LogP contribution in [0.4, 0.5) is 9.18 Å². The number of halogens is 1. The second kappa shape index (κ2) is 11.7. The van der Waals surface area contributed by atoms with E-state index in [9.17, 15) is 18.8 Å². The Morgan fingerprint density at radius 1 is 1.06 bits per heavy atom. The third-order valence-corrected chi connectivity index (χ3v) is 5.12. The molecule has 172 valence electrons. The lowest BCUT2D eigenvalue weighted by Crippen LogP contribution is -2.42. The Morgan fingerprint density at radius 3 is 2.32 bits per heavy atom. The monoisotopic (exact) mass is 435 g/mol. The summed E-state index contributed by atoms with van der Waals surface area (Å²) in [5.74, 6) is 0.0568. The molecule has 1 aliphatic rings. The summed E-state index contributed by atoms with van der Waals surface area (Å²) in [6.07, 6.45) is 2.37. The normalized spacial score (nSPS) is 14.8. The van der Waals surface area contributed by atoms with Crippen molar-refractivity contribution < 1.29 is 23.5 Å². The van der Waals surface area contributed by atoms with Crippen molar-refractivity contribution in [2.24, 2.45) is 5.92 Å². The first-order valence-corrected chi connectivity index (χ1v) is 10.9. The van der Waals surface area contributed by atoms with Crippen molar-refractivity contribution in [1.82, 2.24) is 15.5 Å². The van der Waals surface area contributed by atoms with Crippen molar-refractivity contribution in [3.05, 3.63) is 35.6 Å². The van der Waals surface area contributed by atoms with Crippen LogP contribution in [-0.2, 0) is 20.7 Å². The Kier molecular flexibility index (Phi) is 9.27. The van der Waals surface area contributed by atoms with Crippen LogP contribution in [0.2, 0.25) is 0 Å². The summed E-state index contributed by atoms with van der Waals surface area (Å²) in [6, 6.07) is 6.24. The Balaban J connectivity index is 1.57. The topological polar surface area (TPSA) is 87.7 Å². The summed E-state index contributed by atoms with van der Waals surface area (Å²) in [7, 11) is 0. The van der Waals surface area contributed by atoms with E-state index in [0.29, 0.717) is 38.4 Å². The number of piperidine rings is 1. The summed E-state index contributed by atoms with van der Waals surface area (Å²) in [4.78, 5) is 37.8. The Labute approximate surface area is 183 Å². The number of aryl methyl sites for hydroxylation is 1. The second-order valence-corrected chi connectivity index (χ2v) is 8.93. The van der Waals surface area contributed by atoms with Crippen molar-refractivity contribution >= 4 is 17.9 Å². The lowest BCUT2D eigenvalue weighted by Gasteiger charge is -2.32. The van der Waals surface area contributed by atoms with Crippen LogP contribution in [0.5, 0.6) is 0 Å². The van der Waals surface area contributed by atoms with Gasteiger partial charge in [-0.25, -0.2) is 9.18 Å². The molecular formula is C23H34FN3O4. The lowest BCUT2D eigenvalue weighted by atomic mass is 9.96. The number of carbonyl (C=O) groups excluding carboxylic acids is 3. The molecule has 1 fully saturated rings. The first-order valence-electron chi connectivity index (χ1n) is 10.9. The van der Waals surface area contributed by atoms with Crippen LogP contribution < -0.4 is 10.6 Å². The molecule has 1 aromatic carbocycles. The molecule has 31 heavy (non-hydrogen) atoms. The fourth-order valence-electron chi connectivity index (χ4n) is 3.39. The zero-order valence-electron chi connectivity index (χ0n) is 18.7. The van der Waals surface area contributed by atoms with E-state index in [1.807, 2.05) is 4.90 Å². The quantitative estimate of drug-likeness (QED) is 0.657. The van der Waals surface area contributed by atoms with Crippen LogP contribution in [0.25, 0.3) is 0 Å². The molecule has 8 heteroatoms. The molecule has 2 rings (SSSR count). The van der Waals surface area contributed by atoms with Crippen molar-refractivity contribution in [3.63, 3.8) is 0 Å². The van der Waals surface area contributed by atoms with Gasteiger partial charge in [0.1, 0.15) is 11.4 Å². The van der Waals surface area contributed by atoms with E-state index in [-0.39, 0.29) is 30.6 Å². The smallest absolute Gasteiger partial charge is 0.407 e. The van der Waals surface area contributed by atoms with Gasteiger partial charge in [0.15, 0.2) is 0 Å². The molecule has 0 aromatic heterocycles. The van der Waals surface area contributed by atoms with Crippen LogP contribution in [0.15, 0.2) is 24.3 Å². The molecule has 0 atom stereocenters. The van der Waals surface area contributed by atoms with Gasteiger partial charge in [0, 0.05) is 39.0 Å². The first kappa shape index (κ1) is 24.6. The van der Waals surface area contributed by atoms with Gasteiger partial charge < -0.3 is 20.3 Å². The highest BCUT2D eigenvalue weighted by atomic mass is 19.1. The maximum Gasteiger partial charge on any atom is 0.407 e. The summed E-state index contributed by atoms with van der Waals surface area (Å²) in [6.45, 7) is 7.51. The maximum absolute atomic E-state index is 12.9. The molecule has 1 heterocycles. The molecule has 2 N–H and O–H groups in total. The highest BCUT2D eigenvalue weighted by Gasteiger charge is 2.23. The molecular weight excluding hydrogens is 401 g/mol. The van der Waals surface area contributed by atoms with Gasteiger partial charge in [-0.05, 0) is 63.6 Å². The van der Waals surface area contributed by atoms with E-state index in [4.69, 9.17) is 4.74 Å². The van der Waals surface area contributed by atoms with Gasteiger partial charge in [0.2, 0.25) is 11.8 Å². The van der Waals surface area contributed by atoms with E-state index in [0.717, 1.165) is 18.4 Å². The van der Waals surface area contributed by atoms with Gasteiger partial charge in [0.05, 0.1) is 0 Å². The average Bonchev–Trinajstić information content (AvgIpc) is 2.70. The van der Waals surface area contributed by atoms with E-state index in [1.165, 1.54) is 12.1 Å². The minimum absolute atomic E-state index is 0.111. The Hall–Kier alpha value is -2.64. The number of hydrogen-bond donors (Lipinski definition) is 2. The zero-order chi connectivity index (χ0) is 22.9. The molecule has 3 amide bonds. The van der Waals surface area contributed by atoms with Crippen LogP contribution >= 0.6 is 0 Å². The number of amides is 3. The van der Waals surface area contributed by atoms with E-state index in [2.05, 4.69) is 10.6 Å². The van der Waals surface area contributed by atoms with Crippen LogP contribution in [-0.4, -0.2) is 54.6 Å². The predicted molar refractivity (Wildman–Crippen MR) is 116 cm³/mol. The largest absolute Gasteiger partial charge is 0.444 e. The molecule has 0 spiro atoms. The predicted octanol–water partition coefficient (Wildman–Crippen LogP) is 3.03. The number of benzene rings is 1. The van der Waals surface area contributed by atoms with Gasteiger partial charge in [-0.2, -0.15) is 0 Å². The average molecular weight is 436 g/mol. The number of carbonyl (C=O) groups is 3. The van der Waals surface area contributed by atoms with Crippen molar-refractivity contribution in [1.29, 1.82) is 0 Å². The number of ether oxygens (including phenoxy) is 1. The Bertz CT molecular complexity index is 738. The number of rotatable bonds is 8. The number of alkyl carbamates (subject to hydrolysis) is 1. The third kappa shape index (κ3) is 9.81. The van der Waals surface area contributed by atoms with Gasteiger partial charge in [-0.1, -0.05) is 12.1 Å². The van der Waals surface area contributed by atoms with E-state index < -0.39 is 11.7 Å². The maximum atomic E-state index is 12.9. The van der Waals surface area contributed by atoms with Crippen LogP contribution in [0.1, 0.15) is 52.0 Å². The molecule has 7 nitrogen and oxygen atoms in total. The van der Waals surface area contributed by atoms with Crippen LogP contribution in [0, 0.1) is 11.7 Å². The molecule has 1 aliphatic heterocycles. The molecule has 0 saturated carbocycles. The standard InChI is InChI=1S/C23H34FN3O4/c1-23(2,3)31-22(30)25-13-10-20(28)26-16-18-11-14-27(15-12-18)21(29)9-6-17-4-7-19(24)8-5-17/h4-5,7-8,18H,6,9-16H2,1-3H3,(H,25,30)(H,26,28). The van der Waals surface area contributed by atoms with Gasteiger partial charge >= 0.3 is 6.09 Å². The third-order valence-electron chi connectivity index (χ3n) is 5.12. The zero-order valence-corrected chi connectivity index (χ0v) is 18.7. The first-order chi connectivity index (χ1) is 14.6. The number of nitrogens with zero attached hydrogens (tertiary/aromatic N) is 1. The highest BCUT2D eigenvalue weighted by molar-refractivity contribution is 5.77. The highest BCUT2D eigenvalue weighted by Crippen LogP contribution is 2.18. The summed E-state index contributed by atoms with van der Waals surface area (Å²) in [5, 5.41) is 5.47. The minimum Gasteiger partial charge on any atom is -0.444 e. The van der Waals surface area contributed by atoms with Gasteiger partial charge in [-0.3, -0.25) is 9.59 Å². The fourth-order valence-corrected chi connectivity index (χ4v) is 3.39. The molecule has 0 bridgehead atoms. The molecule has 0 unspecified atom stereocenters. The number of nitrogens with one attached hydrogen (secondary N) is 2. The number of likely N-dealkylation sites (tertiary alicyclic amines) is 1. The summed E-state index contributed by atoms with van der Waals surface area (Å²) >= 11 is 0.